The lowest BCUT2D eigenvalue weighted by Crippen LogP contribution is -2.37. The number of rotatable bonds is 4. The molecule has 0 fully saturated rings. The SMILES string of the molecule is CCN(CC)C(N)=NCc1ccc(C)c(C)n1. The fraction of sp³-hybridized carbons (Fsp3) is 0.538. The van der Waals surface area contributed by atoms with E-state index in [-0.39, 0.29) is 0 Å². The van der Waals surface area contributed by atoms with E-state index in [0.29, 0.717) is 12.5 Å². The van der Waals surface area contributed by atoms with Crippen molar-refractivity contribution < 1.29 is 0 Å². The molecule has 0 saturated carbocycles. The highest BCUT2D eigenvalue weighted by Crippen LogP contribution is 2.06. The third-order valence-electron chi connectivity index (χ3n) is 2.90. The van der Waals surface area contributed by atoms with E-state index in [4.69, 9.17) is 5.73 Å². The van der Waals surface area contributed by atoms with Gasteiger partial charge in [-0.15, -0.1) is 0 Å². The molecule has 0 amide bonds. The first-order chi connectivity index (χ1) is 8.08. The molecule has 0 spiro atoms. The molecule has 1 heterocycles. The van der Waals surface area contributed by atoms with Gasteiger partial charge in [-0.3, -0.25) is 4.98 Å². The van der Waals surface area contributed by atoms with Crippen LogP contribution >= 0.6 is 0 Å². The van der Waals surface area contributed by atoms with Crippen LogP contribution in [0, 0.1) is 13.8 Å². The van der Waals surface area contributed by atoms with Gasteiger partial charge in [-0.25, -0.2) is 4.99 Å². The van der Waals surface area contributed by atoms with Crippen LogP contribution in [-0.2, 0) is 6.54 Å². The van der Waals surface area contributed by atoms with Crippen LogP contribution in [0.25, 0.3) is 0 Å². The summed E-state index contributed by atoms with van der Waals surface area (Å²) in [6.45, 7) is 10.5. The number of hydrogen-bond donors (Lipinski definition) is 1. The van der Waals surface area contributed by atoms with Crippen molar-refractivity contribution in [1.29, 1.82) is 0 Å². The topological polar surface area (TPSA) is 54.5 Å². The van der Waals surface area contributed by atoms with Crippen molar-refractivity contribution in [3.63, 3.8) is 0 Å². The van der Waals surface area contributed by atoms with Gasteiger partial charge in [0, 0.05) is 18.8 Å². The Bertz CT molecular complexity index is 394. The summed E-state index contributed by atoms with van der Waals surface area (Å²) in [5.74, 6) is 0.593. The fourth-order valence-corrected chi connectivity index (χ4v) is 1.58. The van der Waals surface area contributed by atoms with E-state index in [2.05, 4.69) is 36.8 Å². The average molecular weight is 234 g/mol. The Morgan fingerprint density at radius 3 is 2.47 bits per heavy atom. The number of aliphatic imine (C=N–C) groups is 1. The van der Waals surface area contributed by atoms with Crippen molar-refractivity contribution in [1.82, 2.24) is 9.88 Å². The summed E-state index contributed by atoms with van der Waals surface area (Å²) < 4.78 is 0. The minimum atomic E-state index is 0.545. The predicted molar refractivity (Wildman–Crippen MR) is 72.0 cm³/mol. The van der Waals surface area contributed by atoms with Gasteiger partial charge >= 0.3 is 0 Å². The molecule has 4 heteroatoms. The zero-order chi connectivity index (χ0) is 12.8. The van der Waals surface area contributed by atoms with Crippen molar-refractivity contribution in [2.24, 2.45) is 10.7 Å². The highest BCUT2D eigenvalue weighted by atomic mass is 15.2. The van der Waals surface area contributed by atoms with Crippen LogP contribution in [0.3, 0.4) is 0 Å². The van der Waals surface area contributed by atoms with Crippen LogP contribution in [0.1, 0.15) is 30.8 Å². The summed E-state index contributed by atoms with van der Waals surface area (Å²) in [5.41, 5.74) is 9.12. The molecule has 2 N–H and O–H groups in total. The van der Waals surface area contributed by atoms with Gasteiger partial charge < -0.3 is 10.6 Å². The van der Waals surface area contributed by atoms with Crippen LogP contribution in [0.4, 0.5) is 0 Å². The van der Waals surface area contributed by atoms with Crippen LogP contribution in [-0.4, -0.2) is 28.9 Å². The van der Waals surface area contributed by atoms with Crippen LogP contribution in [0.5, 0.6) is 0 Å². The summed E-state index contributed by atoms with van der Waals surface area (Å²) in [7, 11) is 0. The summed E-state index contributed by atoms with van der Waals surface area (Å²) in [4.78, 5) is 10.9. The van der Waals surface area contributed by atoms with E-state index < -0.39 is 0 Å². The van der Waals surface area contributed by atoms with Crippen molar-refractivity contribution in [3.8, 4) is 0 Å². The molecule has 1 rings (SSSR count). The Balaban J connectivity index is 2.71. The number of pyridine rings is 1. The van der Waals surface area contributed by atoms with Gasteiger partial charge in [-0.1, -0.05) is 6.07 Å². The van der Waals surface area contributed by atoms with E-state index in [1.165, 1.54) is 5.56 Å². The Hall–Kier alpha value is -1.58. The molecule has 0 unspecified atom stereocenters. The lowest BCUT2D eigenvalue weighted by Gasteiger charge is -2.19. The molecule has 0 aliphatic heterocycles. The third kappa shape index (κ3) is 3.73. The zero-order valence-corrected chi connectivity index (χ0v) is 11.2. The van der Waals surface area contributed by atoms with Crippen molar-refractivity contribution >= 4 is 5.96 Å². The zero-order valence-electron chi connectivity index (χ0n) is 11.2. The van der Waals surface area contributed by atoms with E-state index in [1.807, 2.05) is 17.9 Å². The van der Waals surface area contributed by atoms with E-state index in [0.717, 1.165) is 24.5 Å². The van der Waals surface area contributed by atoms with Crippen LogP contribution < -0.4 is 5.73 Å². The molecule has 0 aliphatic carbocycles. The molecule has 4 nitrogen and oxygen atoms in total. The smallest absolute Gasteiger partial charge is 0.191 e. The molecular formula is C13H22N4. The van der Waals surface area contributed by atoms with E-state index in [1.54, 1.807) is 0 Å². The lowest BCUT2D eigenvalue weighted by molar-refractivity contribution is 0.458. The number of aromatic nitrogens is 1. The Kier molecular flexibility index (Phi) is 4.94. The summed E-state index contributed by atoms with van der Waals surface area (Å²) >= 11 is 0. The van der Waals surface area contributed by atoms with Crippen molar-refractivity contribution in [3.05, 3.63) is 29.1 Å². The summed E-state index contributed by atoms with van der Waals surface area (Å²) in [5, 5.41) is 0. The van der Waals surface area contributed by atoms with Gasteiger partial charge in [0.2, 0.25) is 0 Å². The monoisotopic (exact) mass is 234 g/mol. The van der Waals surface area contributed by atoms with E-state index in [9.17, 15) is 0 Å². The maximum absolute atomic E-state index is 5.90. The molecule has 0 bridgehead atoms. The second-order valence-corrected chi connectivity index (χ2v) is 4.05. The highest BCUT2D eigenvalue weighted by Gasteiger charge is 2.02. The number of nitrogens with two attached hydrogens (primary N) is 1. The molecule has 0 atom stereocenters. The largest absolute Gasteiger partial charge is 0.370 e. The number of hydrogen-bond acceptors (Lipinski definition) is 2. The van der Waals surface area contributed by atoms with Gasteiger partial charge in [-0.2, -0.15) is 0 Å². The molecule has 0 aromatic carbocycles. The van der Waals surface area contributed by atoms with Crippen LogP contribution in [0.2, 0.25) is 0 Å². The summed E-state index contributed by atoms with van der Waals surface area (Å²) in [6, 6.07) is 4.07. The Morgan fingerprint density at radius 2 is 1.94 bits per heavy atom. The maximum atomic E-state index is 5.90. The molecule has 0 saturated heterocycles. The van der Waals surface area contributed by atoms with Gasteiger partial charge in [0.1, 0.15) is 0 Å². The van der Waals surface area contributed by atoms with Crippen molar-refractivity contribution in [2.75, 3.05) is 13.1 Å². The normalized spacial score (nSPS) is 11.6. The van der Waals surface area contributed by atoms with Gasteiger partial charge in [-0.05, 0) is 39.3 Å². The van der Waals surface area contributed by atoms with E-state index >= 15 is 0 Å². The number of nitrogens with zero attached hydrogens (tertiary/aromatic N) is 3. The molecule has 94 valence electrons. The molecule has 0 radical (unpaired) electrons. The van der Waals surface area contributed by atoms with Crippen molar-refractivity contribution in [2.45, 2.75) is 34.2 Å². The lowest BCUT2D eigenvalue weighted by atomic mass is 10.2. The first-order valence-electron chi connectivity index (χ1n) is 6.06. The highest BCUT2D eigenvalue weighted by molar-refractivity contribution is 5.77. The molecule has 1 aromatic rings. The Morgan fingerprint density at radius 1 is 1.29 bits per heavy atom. The number of guanidine groups is 1. The van der Waals surface area contributed by atoms with Crippen LogP contribution in [0.15, 0.2) is 17.1 Å². The minimum Gasteiger partial charge on any atom is -0.370 e. The Labute approximate surface area is 104 Å². The predicted octanol–water partition coefficient (Wildman–Crippen LogP) is 1.85. The second-order valence-electron chi connectivity index (χ2n) is 4.05. The fourth-order valence-electron chi connectivity index (χ4n) is 1.58. The standard InChI is InChI=1S/C13H22N4/c1-5-17(6-2)13(14)15-9-12-8-7-10(3)11(4)16-12/h7-8H,5-6,9H2,1-4H3,(H2,14,15). The average Bonchev–Trinajstić information content (AvgIpc) is 2.32. The van der Waals surface area contributed by atoms with Gasteiger partial charge in [0.05, 0.1) is 12.2 Å². The molecule has 17 heavy (non-hydrogen) atoms. The summed E-state index contributed by atoms with van der Waals surface area (Å²) in [6.07, 6.45) is 0. The maximum Gasteiger partial charge on any atom is 0.191 e. The second kappa shape index (κ2) is 6.23. The molecular weight excluding hydrogens is 212 g/mol. The minimum absolute atomic E-state index is 0.545. The number of aryl methyl sites for hydroxylation is 2. The van der Waals surface area contributed by atoms with Gasteiger partial charge in [0.15, 0.2) is 5.96 Å². The first-order valence-corrected chi connectivity index (χ1v) is 6.06. The molecule has 0 aliphatic rings. The quantitative estimate of drug-likeness (QED) is 0.639. The van der Waals surface area contributed by atoms with Gasteiger partial charge in [0.25, 0.3) is 0 Å². The first kappa shape index (κ1) is 13.5. The molecule has 1 aromatic heterocycles. The third-order valence-corrected chi connectivity index (χ3v) is 2.90.